The average molecular weight is 933 g/mol. The molecule has 17 heteroatoms. The van der Waals surface area contributed by atoms with Crippen LogP contribution < -0.4 is 14.2 Å². The van der Waals surface area contributed by atoms with Crippen LogP contribution in [0.1, 0.15) is 110 Å². The molecule has 370 valence electrons. The Morgan fingerprint density at radius 2 is 1.47 bits per heavy atom. The van der Waals surface area contributed by atoms with Gasteiger partial charge in [0.15, 0.2) is 36.3 Å². The summed E-state index contributed by atoms with van der Waals surface area (Å²) in [6.07, 6.45) is -5.72. The van der Waals surface area contributed by atoms with E-state index in [-0.39, 0.29) is 64.3 Å². The Kier molecular flexibility index (Phi) is 15.2. The van der Waals surface area contributed by atoms with Gasteiger partial charge >= 0.3 is 11.9 Å². The number of aliphatic hydroxyl groups excluding tert-OH is 4. The van der Waals surface area contributed by atoms with Gasteiger partial charge in [0, 0.05) is 24.7 Å². The number of allylic oxidation sites excluding steroid dienone is 1. The summed E-state index contributed by atoms with van der Waals surface area (Å²) in [7, 11) is 4.15. The van der Waals surface area contributed by atoms with Crippen molar-refractivity contribution in [2.75, 3.05) is 34.5 Å². The molecule has 2 aliphatic heterocycles. The molecule has 5 N–H and O–H groups in total. The molecule has 66 heavy (non-hydrogen) atoms. The highest BCUT2D eigenvalue weighted by Crippen LogP contribution is 2.69. The van der Waals surface area contributed by atoms with Gasteiger partial charge in [-0.1, -0.05) is 46.3 Å². The van der Waals surface area contributed by atoms with Crippen LogP contribution in [0.3, 0.4) is 0 Å². The number of carbonyl (C=O) groups excluding carboxylic acids is 3. The number of fused-ring (bicyclic) bond motifs is 5. The molecule has 0 spiro atoms. The molecule has 17 nitrogen and oxygen atoms in total. The normalized spacial score (nSPS) is 40.2. The zero-order valence-electron chi connectivity index (χ0n) is 39.8. The summed E-state index contributed by atoms with van der Waals surface area (Å²) < 4.78 is 52.9. The van der Waals surface area contributed by atoms with Gasteiger partial charge in [0.05, 0.1) is 52.3 Å². The van der Waals surface area contributed by atoms with Crippen LogP contribution in [0.4, 0.5) is 0 Å². The zero-order valence-corrected chi connectivity index (χ0v) is 39.8. The van der Waals surface area contributed by atoms with E-state index in [0.717, 1.165) is 25.7 Å². The highest BCUT2D eigenvalue weighted by Gasteiger charge is 2.70. The number of hydrogen-bond donors (Lipinski definition) is 5. The van der Waals surface area contributed by atoms with E-state index in [9.17, 15) is 39.9 Å². The molecule has 0 bridgehead atoms. The number of hydrogen-bond acceptors (Lipinski definition) is 17. The SMILES string of the molecule is COc1cc(C(=O)O[C@H]2[C@H](O[C@@H]3[C@@H](OC(C)=O)[C@H](O[C@H]4C[C@H]5[C@@H]6CC=C7C[C@@H](O)CC[C@]7(C)[C@H]6CC[C@]5(C)[C@@]4(O)[C@H](C)C(=O)CCC(C)C)OC[C@@H]3O)OC[C@@H](O)[C@@H]2O)cc(OC)c1OC. The Labute approximate surface area is 387 Å². The topological polar surface area (TPSA) is 235 Å². The lowest BCUT2D eigenvalue weighted by Gasteiger charge is -2.59. The summed E-state index contributed by atoms with van der Waals surface area (Å²) in [4.78, 5) is 40.8. The van der Waals surface area contributed by atoms with E-state index in [2.05, 4.69) is 19.9 Å². The smallest absolute Gasteiger partial charge is 0.338 e. The molecule has 3 saturated carbocycles. The quantitative estimate of drug-likeness (QED) is 0.123. The Morgan fingerprint density at radius 3 is 2.09 bits per heavy atom. The van der Waals surface area contributed by atoms with E-state index in [1.807, 2.05) is 13.8 Å². The third kappa shape index (κ3) is 9.13. The van der Waals surface area contributed by atoms with Crippen LogP contribution in [0.25, 0.3) is 0 Å². The number of rotatable bonds is 15. The number of Topliss-reactive ketones (excluding diaryl/α,β-unsaturated/α-hetero) is 1. The molecule has 0 aromatic heterocycles. The van der Waals surface area contributed by atoms with Crippen LogP contribution in [0.2, 0.25) is 0 Å². The first-order valence-electron chi connectivity index (χ1n) is 23.6. The Hall–Kier alpha value is -3.39. The molecule has 0 amide bonds. The summed E-state index contributed by atoms with van der Waals surface area (Å²) in [5, 5.41) is 57.5. The second kappa shape index (κ2) is 19.9. The van der Waals surface area contributed by atoms with E-state index in [1.54, 1.807) is 6.92 Å². The van der Waals surface area contributed by atoms with Gasteiger partial charge in [-0.15, -0.1) is 0 Å². The maximum Gasteiger partial charge on any atom is 0.338 e. The summed E-state index contributed by atoms with van der Waals surface area (Å²) in [6, 6.07) is 2.69. The van der Waals surface area contributed by atoms with E-state index >= 15 is 0 Å². The number of carbonyl (C=O) groups is 3. The Morgan fingerprint density at radius 1 is 0.818 bits per heavy atom. The second-order valence-electron chi connectivity index (χ2n) is 20.4. The maximum atomic E-state index is 14.2. The summed E-state index contributed by atoms with van der Waals surface area (Å²) in [5.74, 6) is -1.52. The molecule has 1 aromatic carbocycles. The minimum Gasteiger partial charge on any atom is -0.493 e. The molecule has 0 unspecified atom stereocenters. The van der Waals surface area contributed by atoms with Gasteiger partial charge in [0.1, 0.15) is 35.8 Å². The van der Waals surface area contributed by atoms with Gasteiger partial charge in [-0.25, -0.2) is 4.79 Å². The first-order valence-corrected chi connectivity index (χ1v) is 23.6. The highest BCUT2D eigenvalue weighted by atomic mass is 16.8. The van der Waals surface area contributed by atoms with Gasteiger partial charge in [0.2, 0.25) is 5.75 Å². The molecule has 5 fully saturated rings. The van der Waals surface area contributed by atoms with Crippen LogP contribution in [0.5, 0.6) is 17.2 Å². The molecule has 17 atom stereocenters. The lowest BCUT2D eigenvalue weighted by molar-refractivity contribution is -0.345. The van der Waals surface area contributed by atoms with Crippen molar-refractivity contribution in [3.05, 3.63) is 29.3 Å². The number of benzene rings is 1. The number of esters is 2. The van der Waals surface area contributed by atoms with Crippen LogP contribution in [0.15, 0.2) is 23.8 Å². The third-order valence-corrected chi connectivity index (χ3v) is 16.3. The Balaban J connectivity index is 1.19. The first-order chi connectivity index (χ1) is 31.2. The molecule has 2 saturated heterocycles. The summed E-state index contributed by atoms with van der Waals surface area (Å²) in [5.41, 5.74) is -1.33. The molecule has 1 aromatic rings. The first kappa shape index (κ1) is 50.5. The molecule has 0 radical (unpaired) electrons. The van der Waals surface area contributed by atoms with Crippen LogP contribution >= 0.6 is 0 Å². The van der Waals surface area contributed by atoms with Crippen molar-refractivity contribution in [1.29, 1.82) is 0 Å². The summed E-state index contributed by atoms with van der Waals surface area (Å²) >= 11 is 0. The van der Waals surface area contributed by atoms with E-state index < -0.39 is 97.4 Å². The van der Waals surface area contributed by atoms with Crippen molar-refractivity contribution >= 4 is 17.7 Å². The van der Waals surface area contributed by atoms with Gasteiger partial charge in [0.25, 0.3) is 0 Å². The lowest BCUT2D eigenvalue weighted by atomic mass is 9.46. The van der Waals surface area contributed by atoms with Crippen LogP contribution in [0, 0.1) is 40.4 Å². The van der Waals surface area contributed by atoms with Crippen molar-refractivity contribution in [1.82, 2.24) is 0 Å². The summed E-state index contributed by atoms with van der Waals surface area (Å²) in [6.45, 7) is 10.6. The molecule has 6 aliphatic rings. The largest absolute Gasteiger partial charge is 0.493 e. The van der Waals surface area contributed by atoms with E-state index in [0.29, 0.717) is 31.6 Å². The molecule has 2 heterocycles. The van der Waals surface area contributed by atoms with Gasteiger partial charge in [-0.3, -0.25) is 9.59 Å². The standard InChI is InChI=1S/C49H72O17/c1-24(2)10-13-33(52)25(3)49(57)38(21-32-30-12-11-28-20-29(51)14-16-47(28,5)31(30)15-17-48(32,49)6)64-46-43(63-26(4)50)40(35(54)23-62-46)66-45-42(39(55)34(53)22-61-45)65-44(56)27-18-36(58-7)41(60-9)37(19-27)59-8/h11,18-19,24-25,29-32,34-35,38-40,42-43,45-46,51,53-55,57H,10,12-17,20-23H2,1-9H3/t25-,29+,30-,31+,32+,34-,35+,38+,39+,40+,42-,43-,45+,46+,47+,48+,49-/m1/s1. The fraction of sp³-hybridized carbons (Fsp3) is 0.776. The number of methoxy groups -OCH3 is 3. The van der Waals surface area contributed by atoms with Gasteiger partial charge in [-0.2, -0.15) is 0 Å². The third-order valence-electron chi connectivity index (χ3n) is 16.3. The molecule has 4 aliphatic carbocycles. The zero-order chi connectivity index (χ0) is 48.0. The predicted octanol–water partition coefficient (Wildman–Crippen LogP) is 4.04. The lowest BCUT2D eigenvalue weighted by Crippen LogP contribution is -2.64. The van der Waals surface area contributed by atoms with E-state index in [1.165, 1.54) is 46.0 Å². The number of ketones is 1. The minimum atomic E-state index is -1.73. The molecular weight excluding hydrogens is 861 g/mol. The van der Waals surface area contributed by atoms with Crippen LogP contribution in [-0.2, 0) is 38.0 Å². The number of ether oxygens (including phenoxy) is 9. The Bertz CT molecular complexity index is 1930. The second-order valence-corrected chi connectivity index (χ2v) is 20.4. The fourth-order valence-electron chi connectivity index (χ4n) is 12.6. The van der Waals surface area contributed by atoms with Crippen molar-refractivity contribution in [2.45, 2.75) is 166 Å². The fourth-order valence-corrected chi connectivity index (χ4v) is 12.6. The predicted molar refractivity (Wildman–Crippen MR) is 234 cm³/mol. The highest BCUT2D eigenvalue weighted by molar-refractivity contribution is 5.91. The van der Waals surface area contributed by atoms with Gasteiger partial charge < -0.3 is 68.2 Å². The van der Waals surface area contributed by atoms with Crippen molar-refractivity contribution < 1.29 is 82.5 Å². The molecular formula is C49H72O17. The van der Waals surface area contributed by atoms with Crippen LogP contribution in [-0.4, -0.2) is 145 Å². The van der Waals surface area contributed by atoms with Crippen molar-refractivity contribution in [2.24, 2.45) is 40.4 Å². The number of aliphatic hydroxyl groups is 5. The van der Waals surface area contributed by atoms with E-state index in [4.69, 9.17) is 42.6 Å². The minimum absolute atomic E-state index is 0.0641. The monoisotopic (exact) mass is 932 g/mol. The van der Waals surface area contributed by atoms with Gasteiger partial charge in [-0.05, 0) is 92.6 Å². The molecule has 7 rings (SSSR count). The average Bonchev–Trinajstić information content (AvgIpc) is 3.51. The van der Waals surface area contributed by atoms with Crippen molar-refractivity contribution in [3.63, 3.8) is 0 Å². The van der Waals surface area contributed by atoms with Crippen molar-refractivity contribution in [3.8, 4) is 17.2 Å². The maximum absolute atomic E-state index is 14.2.